The Hall–Kier alpha value is -2.42. The predicted molar refractivity (Wildman–Crippen MR) is 104 cm³/mol. The highest BCUT2D eigenvalue weighted by atomic mass is 16.5. The Bertz CT molecular complexity index is 846. The molecule has 1 atom stereocenters. The fourth-order valence-electron chi connectivity index (χ4n) is 3.27. The Morgan fingerprint density at radius 3 is 2.36 bits per heavy atom. The van der Waals surface area contributed by atoms with Crippen LogP contribution in [0.2, 0.25) is 0 Å². The maximum absolute atomic E-state index is 6.24. The van der Waals surface area contributed by atoms with Gasteiger partial charge in [0.05, 0.1) is 7.11 Å². The number of H-pyrrole nitrogens is 1. The minimum atomic E-state index is -0.134. The molecule has 3 rings (SSSR count). The van der Waals surface area contributed by atoms with Gasteiger partial charge in [-0.1, -0.05) is 39.0 Å². The molecule has 25 heavy (non-hydrogen) atoms. The van der Waals surface area contributed by atoms with Gasteiger partial charge < -0.3 is 14.5 Å². The molecule has 0 saturated carbocycles. The number of ether oxygens (including phenoxy) is 2. The summed E-state index contributed by atoms with van der Waals surface area (Å²) in [5.41, 5.74) is 3.75. The molecule has 0 aliphatic rings. The van der Waals surface area contributed by atoms with Crippen LogP contribution in [0.4, 0.5) is 0 Å². The SMILES string of the molecule is CCc1cccc2c(C(C)(C)C(C)Oc3ccc(OC)cc3)c[nH]c12. The van der Waals surface area contributed by atoms with Crippen molar-refractivity contribution in [1.82, 2.24) is 4.98 Å². The Kier molecular flexibility index (Phi) is 4.76. The van der Waals surface area contributed by atoms with Gasteiger partial charge >= 0.3 is 0 Å². The first-order valence-electron chi connectivity index (χ1n) is 8.87. The van der Waals surface area contributed by atoms with Crippen molar-refractivity contribution in [3.63, 3.8) is 0 Å². The van der Waals surface area contributed by atoms with Crippen LogP contribution in [0.5, 0.6) is 11.5 Å². The standard InChI is InChI=1S/C22H27NO2/c1-6-16-8-7-9-19-20(14-23-21(16)19)22(3,4)15(2)25-18-12-10-17(24-5)11-13-18/h7-15,23H,6H2,1-5H3. The molecule has 0 aliphatic heterocycles. The summed E-state index contributed by atoms with van der Waals surface area (Å²) in [6.07, 6.45) is 3.18. The number of methoxy groups -OCH3 is 1. The maximum atomic E-state index is 6.24. The van der Waals surface area contributed by atoms with E-state index in [9.17, 15) is 0 Å². The van der Waals surface area contributed by atoms with E-state index in [2.05, 4.69) is 57.1 Å². The minimum Gasteiger partial charge on any atom is -0.497 e. The summed E-state index contributed by atoms with van der Waals surface area (Å²) < 4.78 is 11.4. The number of hydrogen-bond acceptors (Lipinski definition) is 2. The second kappa shape index (κ2) is 6.83. The van der Waals surface area contributed by atoms with E-state index in [-0.39, 0.29) is 11.5 Å². The molecule has 0 saturated heterocycles. The Morgan fingerprint density at radius 2 is 1.72 bits per heavy atom. The van der Waals surface area contributed by atoms with E-state index in [1.807, 2.05) is 24.3 Å². The normalized spacial score (nSPS) is 13.0. The van der Waals surface area contributed by atoms with Gasteiger partial charge in [0.15, 0.2) is 0 Å². The van der Waals surface area contributed by atoms with Crippen molar-refractivity contribution in [3.05, 3.63) is 59.8 Å². The number of para-hydroxylation sites is 1. The summed E-state index contributed by atoms with van der Waals surface area (Å²) in [5.74, 6) is 1.69. The number of hydrogen-bond donors (Lipinski definition) is 1. The average Bonchev–Trinajstić information content (AvgIpc) is 3.07. The summed E-state index contributed by atoms with van der Waals surface area (Å²) in [4.78, 5) is 3.48. The van der Waals surface area contributed by atoms with Gasteiger partial charge in [-0.3, -0.25) is 0 Å². The molecule has 1 unspecified atom stereocenters. The second-order valence-corrected chi connectivity index (χ2v) is 7.05. The van der Waals surface area contributed by atoms with Gasteiger partial charge in [0.25, 0.3) is 0 Å². The predicted octanol–water partition coefficient (Wildman–Crippen LogP) is 5.48. The van der Waals surface area contributed by atoms with Crippen LogP contribution in [0.25, 0.3) is 10.9 Å². The van der Waals surface area contributed by atoms with E-state index < -0.39 is 0 Å². The van der Waals surface area contributed by atoms with Gasteiger partial charge in [-0.05, 0) is 48.7 Å². The van der Waals surface area contributed by atoms with Crippen LogP contribution in [0.15, 0.2) is 48.7 Å². The molecule has 0 bridgehead atoms. The third kappa shape index (κ3) is 3.23. The van der Waals surface area contributed by atoms with E-state index in [0.29, 0.717) is 0 Å². The van der Waals surface area contributed by atoms with Crippen LogP contribution >= 0.6 is 0 Å². The van der Waals surface area contributed by atoms with Gasteiger partial charge in [0, 0.05) is 22.5 Å². The molecule has 3 nitrogen and oxygen atoms in total. The zero-order valence-corrected chi connectivity index (χ0v) is 15.7. The zero-order chi connectivity index (χ0) is 18.0. The Balaban J connectivity index is 1.89. The summed E-state index contributed by atoms with van der Waals surface area (Å²) in [7, 11) is 1.67. The fraction of sp³-hybridized carbons (Fsp3) is 0.364. The molecule has 132 valence electrons. The van der Waals surface area contributed by atoms with Crippen molar-refractivity contribution in [2.24, 2.45) is 0 Å². The zero-order valence-electron chi connectivity index (χ0n) is 15.7. The van der Waals surface area contributed by atoms with E-state index in [0.717, 1.165) is 17.9 Å². The van der Waals surface area contributed by atoms with Gasteiger partial charge in [-0.15, -0.1) is 0 Å². The topological polar surface area (TPSA) is 34.2 Å². The lowest BCUT2D eigenvalue weighted by Gasteiger charge is -2.32. The number of aromatic nitrogens is 1. The van der Waals surface area contributed by atoms with Gasteiger partial charge in [0.2, 0.25) is 0 Å². The van der Waals surface area contributed by atoms with Crippen molar-refractivity contribution in [1.29, 1.82) is 0 Å². The monoisotopic (exact) mass is 337 g/mol. The summed E-state index contributed by atoms with van der Waals surface area (Å²) in [6.45, 7) is 8.80. The van der Waals surface area contributed by atoms with Crippen LogP contribution in [0.1, 0.15) is 38.8 Å². The van der Waals surface area contributed by atoms with E-state index in [1.54, 1.807) is 7.11 Å². The van der Waals surface area contributed by atoms with Crippen molar-refractivity contribution < 1.29 is 9.47 Å². The van der Waals surface area contributed by atoms with Gasteiger partial charge in [0.1, 0.15) is 17.6 Å². The van der Waals surface area contributed by atoms with Crippen molar-refractivity contribution in [2.45, 2.75) is 45.6 Å². The summed E-state index contributed by atoms with van der Waals surface area (Å²) in [5, 5.41) is 1.29. The third-order valence-electron chi connectivity index (χ3n) is 5.27. The molecular formula is C22H27NO2. The molecule has 2 aromatic carbocycles. The molecule has 0 fully saturated rings. The molecule has 0 aliphatic carbocycles. The molecular weight excluding hydrogens is 310 g/mol. The molecule has 1 aromatic heterocycles. The van der Waals surface area contributed by atoms with E-state index >= 15 is 0 Å². The van der Waals surface area contributed by atoms with Crippen LogP contribution in [0.3, 0.4) is 0 Å². The van der Waals surface area contributed by atoms with Gasteiger partial charge in [-0.25, -0.2) is 0 Å². The first-order valence-corrected chi connectivity index (χ1v) is 8.87. The molecule has 3 aromatic rings. The maximum Gasteiger partial charge on any atom is 0.120 e. The molecule has 3 heteroatoms. The number of aryl methyl sites for hydroxylation is 1. The first-order chi connectivity index (χ1) is 12.0. The molecule has 1 N–H and O–H groups in total. The van der Waals surface area contributed by atoms with Crippen molar-refractivity contribution in [2.75, 3.05) is 7.11 Å². The summed E-state index contributed by atoms with van der Waals surface area (Å²) >= 11 is 0. The lowest BCUT2D eigenvalue weighted by atomic mass is 9.79. The number of nitrogens with one attached hydrogen (secondary N) is 1. The first kappa shape index (κ1) is 17.4. The van der Waals surface area contributed by atoms with Crippen LogP contribution < -0.4 is 9.47 Å². The quantitative estimate of drug-likeness (QED) is 0.646. The lowest BCUT2D eigenvalue weighted by molar-refractivity contribution is 0.143. The Labute approximate surface area is 150 Å². The molecule has 0 amide bonds. The van der Waals surface area contributed by atoms with Crippen molar-refractivity contribution in [3.8, 4) is 11.5 Å². The number of fused-ring (bicyclic) bond motifs is 1. The minimum absolute atomic E-state index is 0.0187. The third-order valence-corrected chi connectivity index (χ3v) is 5.27. The highest BCUT2D eigenvalue weighted by Crippen LogP contribution is 2.36. The van der Waals surface area contributed by atoms with Crippen LogP contribution in [-0.2, 0) is 11.8 Å². The van der Waals surface area contributed by atoms with Gasteiger partial charge in [-0.2, -0.15) is 0 Å². The summed E-state index contributed by atoms with van der Waals surface area (Å²) in [6, 6.07) is 14.3. The highest BCUT2D eigenvalue weighted by Gasteiger charge is 2.32. The largest absolute Gasteiger partial charge is 0.497 e. The molecule has 0 spiro atoms. The smallest absolute Gasteiger partial charge is 0.120 e. The molecule has 1 heterocycles. The van der Waals surface area contributed by atoms with E-state index in [4.69, 9.17) is 9.47 Å². The van der Waals surface area contributed by atoms with Crippen LogP contribution in [0, 0.1) is 0 Å². The number of benzene rings is 2. The van der Waals surface area contributed by atoms with E-state index in [1.165, 1.54) is 22.0 Å². The number of aromatic amines is 1. The Morgan fingerprint density at radius 1 is 1.04 bits per heavy atom. The average molecular weight is 337 g/mol. The fourth-order valence-corrected chi connectivity index (χ4v) is 3.27. The van der Waals surface area contributed by atoms with Crippen LogP contribution in [-0.4, -0.2) is 18.2 Å². The van der Waals surface area contributed by atoms with Crippen molar-refractivity contribution >= 4 is 10.9 Å². The number of rotatable bonds is 6. The molecule has 0 radical (unpaired) electrons. The highest BCUT2D eigenvalue weighted by molar-refractivity contribution is 5.87. The lowest BCUT2D eigenvalue weighted by Crippen LogP contribution is -2.35. The second-order valence-electron chi connectivity index (χ2n) is 7.05.